The van der Waals surface area contributed by atoms with Gasteiger partial charge in [-0.05, 0) is 36.3 Å². The van der Waals surface area contributed by atoms with E-state index in [0.29, 0.717) is 0 Å². The van der Waals surface area contributed by atoms with Crippen LogP contribution in [0, 0.1) is 0 Å². The molecule has 1 aliphatic rings. The number of ether oxygens (including phenoxy) is 2. The van der Waals surface area contributed by atoms with Crippen molar-refractivity contribution in [3.63, 3.8) is 0 Å². The average molecular weight is 282 g/mol. The lowest BCUT2D eigenvalue weighted by atomic mass is 10.0. The topological polar surface area (TPSA) is 38.7 Å². The maximum Gasteiger partial charge on any atom is 0.161 e. The van der Waals surface area contributed by atoms with Crippen LogP contribution >= 0.6 is 11.8 Å². The monoisotopic (exact) mass is 282 g/mol. The molecular weight excluding hydrogens is 260 g/mol. The summed E-state index contributed by atoms with van der Waals surface area (Å²) in [6.45, 7) is 2.15. The van der Waals surface area contributed by atoms with Gasteiger partial charge in [-0.15, -0.1) is 0 Å². The van der Waals surface area contributed by atoms with Crippen LogP contribution in [0.3, 0.4) is 0 Å². The summed E-state index contributed by atoms with van der Waals surface area (Å²) in [5, 5.41) is 9.25. The van der Waals surface area contributed by atoms with E-state index in [1.807, 2.05) is 36.9 Å². The number of hydrogen-bond donors (Lipinski definition) is 1. The maximum absolute atomic E-state index is 9.25. The summed E-state index contributed by atoms with van der Waals surface area (Å²) in [5.74, 6) is 3.97. The normalized spacial score (nSPS) is 20.9. The Balaban J connectivity index is 2.15. The molecule has 1 aromatic carbocycles. The molecule has 2 atom stereocenters. The van der Waals surface area contributed by atoms with Crippen molar-refractivity contribution in [3.05, 3.63) is 23.8 Å². The van der Waals surface area contributed by atoms with Crippen LogP contribution in [-0.2, 0) is 0 Å². The smallest absolute Gasteiger partial charge is 0.161 e. The Morgan fingerprint density at radius 3 is 2.89 bits per heavy atom. The third kappa shape index (κ3) is 3.80. The first kappa shape index (κ1) is 14.5. The van der Waals surface area contributed by atoms with E-state index in [-0.39, 0.29) is 18.6 Å². The molecule has 106 valence electrons. The molecule has 0 aliphatic carbocycles. The summed E-state index contributed by atoms with van der Waals surface area (Å²) in [4.78, 5) is 0. The fraction of sp³-hybridized carbons (Fsp3) is 0.600. The second-order valence-corrected chi connectivity index (χ2v) is 6.10. The van der Waals surface area contributed by atoms with Crippen LogP contribution in [0.1, 0.15) is 31.2 Å². The number of benzene rings is 1. The quantitative estimate of drug-likeness (QED) is 0.901. The van der Waals surface area contributed by atoms with Gasteiger partial charge < -0.3 is 14.6 Å². The minimum absolute atomic E-state index is 0.119. The molecule has 0 radical (unpaired) electrons. The van der Waals surface area contributed by atoms with Gasteiger partial charge in [0.25, 0.3) is 0 Å². The Morgan fingerprint density at radius 2 is 2.26 bits per heavy atom. The molecule has 0 aromatic heterocycles. The number of rotatable bonds is 5. The number of thioether (sulfide) groups is 1. The van der Waals surface area contributed by atoms with Crippen LogP contribution < -0.4 is 9.47 Å². The van der Waals surface area contributed by atoms with Crippen molar-refractivity contribution < 1.29 is 14.6 Å². The summed E-state index contributed by atoms with van der Waals surface area (Å²) < 4.78 is 11.4. The van der Waals surface area contributed by atoms with E-state index in [4.69, 9.17) is 9.47 Å². The average Bonchev–Trinajstić information content (AvgIpc) is 2.47. The van der Waals surface area contributed by atoms with Crippen LogP contribution in [0.4, 0.5) is 0 Å². The molecule has 2 rings (SSSR count). The summed E-state index contributed by atoms with van der Waals surface area (Å²) in [6, 6.07) is 5.91. The van der Waals surface area contributed by atoms with Gasteiger partial charge in [-0.2, -0.15) is 11.8 Å². The highest BCUT2D eigenvalue weighted by Crippen LogP contribution is 2.33. The SMILES string of the molecule is COc1ccc(C(C)CO)cc1OC1CCCSC1. The number of hydrogen-bond acceptors (Lipinski definition) is 4. The molecule has 2 unspecified atom stereocenters. The van der Waals surface area contributed by atoms with E-state index >= 15 is 0 Å². The van der Waals surface area contributed by atoms with Crippen LogP contribution in [0.5, 0.6) is 11.5 Å². The fourth-order valence-electron chi connectivity index (χ4n) is 2.18. The third-order valence-corrected chi connectivity index (χ3v) is 4.63. The van der Waals surface area contributed by atoms with Crippen LogP contribution in [0.15, 0.2) is 18.2 Å². The highest BCUT2D eigenvalue weighted by Gasteiger charge is 2.18. The zero-order chi connectivity index (χ0) is 13.7. The molecule has 1 N–H and O–H groups in total. The Hall–Kier alpha value is -0.870. The van der Waals surface area contributed by atoms with Gasteiger partial charge in [0.15, 0.2) is 11.5 Å². The molecule has 0 amide bonds. The third-order valence-electron chi connectivity index (χ3n) is 3.44. The van der Waals surface area contributed by atoms with Gasteiger partial charge in [-0.1, -0.05) is 13.0 Å². The van der Waals surface area contributed by atoms with Gasteiger partial charge >= 0.3 is 0 Å². The van der Waals surface area contributed by atoms with E-state index in [0.717, 1.165) is 29.2 Å². The summed E-state index contributed by atoms with van der Waals surface area (Å²) >= 11 is 1.94. The van der Waals surface area contributed by atoms with Crippen molar-refractivity contribution in [1.29, 1.82) is 0 Å². The first-order valence-electron chi connectivity index (χ1n) is 6.77. The molecule has 0 saturated carbocycles. The lowest BCUT2D eigenvalue weighted by Crippen LogP contribution is -2.23. The molecule has 1 saturated heterocycles. The molecule has 1 aliphatic heterocycles. The highest BCUT2D eigenvalue weighted by molar-refractivity contribution is 7.99. The molecule has 3 nitrogen and oxygen atoms in total. The predicted octanol–water partition coefficient (Wildman–Crippen LogP) is 3.07. The number of methoxy groups -OCH3 is 1. The molecule has 1 heterocycles. The Kier molecular flexibility index (Phi) is 5.40. The largest absolute Gasteiger partial charge is 0.493 e. The zero-order valence-corrected chi connectivity index (χ0v) is 12.4. The van der Waals surface area contributed by atoms with Crippen molar-refractivity contribution in [3.8, 4) is 11.5 Å². The van der Waals surface area contributed by atoms with Gasteiger partial charge in [-0.3, -0.25) is 0 Å². The summed E-state index contributed by atoms with van der Waals surface area (Å²) in [7, 11) is 1.66. The Bertz CT molecular complexity index is 402. The molecule has 1 fully saturated rings. The summed E-state index contributed by atoms with van der Waals surface area (Å²) in [6.07, 6.45) is 2.59. The first-order chi connectivity index (χ1) is 9.24. The molecule has 19 heavy (non-hydrogen) atoms. The maximum atomic E-state index is 9.25. The lowest BCUT2D eigenvalue weighted by Gasteiger charge is -2.24. The van der Waals surface area contributed by atoms with Gasteiger partial charge in [-0.25, -0.2) is 0 Å². The van der Waals surface area contributed by atoms with Crippen molar-refractivity contribution >= 4 is 11.8 Å². The lowest BCUT2D eigenvalue weighted by molar-refractivity contribution is 0.201. The highest BCUT2D eigenvalue weighted by atomic mass is 32.2. The zero-order valence-electron chi connectivity index (χ0n) is 11.6. The number of aliphatic hydroxyl groups is 1. The van der Waals surface area contributed by atoms with Crippen molar-refractivity contribution in [2.45, 2.75) is 31.8 Å². The Morgan fingerprint density at radius 1 is 1.42 bits per heavy atom. The number of aliphatic hydroxyl groups excluding tert-OH is 1. The fourth-order valence-corrected chi connectivity index (χ4v) is 3.22. The molecule has 0 bridgehead atoms. The van der Waals surface area contributed by atoms with Gasteiger partial charge in [0, 0.05) is 18.3 Å². The molecule has 4 heteroatoms. The van der Waals surface area contributed by atoms with Crippen molar-refractivity contribution in [2.24, 2.45) is 0 Å². The van der Waals surface area contributed by atoms with Crippen LogP contribution in [-0.4, -0.2) is 36.4 Å². The second kappa shape index (κ2) is 7.06. The minimum Gasteiger partial charge on any atom is -0.493 e. The van der Waals surface area contributed by atoms with E-state index in [2.05, 4.69) is 0 Å². The van der Waals surface area contributed by atoms with E-state index in [1.165, 1.54) is 12.2 Å². The molecular formula is C15H22O3S. The first-order valence-corrected chi connectivity index (χ1v) is 7.93. The van der Waals surface area contributed by atoms with Crippen molar-refractivity contribution in [2.75, 3.05) is 25.2 Å². The molecule has 1 aromatic rings. The van der Waals surface area contributed by atoms with Crippen LogP contribution in [0.2, 0.25) is 0 Å². The van der Waals surface area contributed by atoms with Crippen molar-refractivity contribution in [1.82, 2.24) is 0 Å². The summed E-state index contributed by atoms with van der Waals surface area (Å²) in [5.41, 5.74) is 1.08. The predicted molar refractivity (Wildman–Crippen MR) is 79.5 cm³/mol. The van der Waals surface area contributed by atoms with Gasteiger partial charge in [0.1, 0.15) is 6.10 Å². The van der Waals surface area contributed by atoms with Gasteiger partial charge in [0.2, 0.25) is 0 Å². The minimum atomic E-state index is 0.119. The van der Waals surface area contributed by atoms with E-state index in [9.17, 15) is 5.11 Å². The molecule has 0 spiro atoms. The Labute approximate surface area is 119 Å². The van der Waals surface area contributed by atoms with E-state index in [1.54, 1.807) is 7.11 Å². The van der Waals surface area contributed by atoms with Gasteiger partial charge in [0.05, 0.1) is 7.11 Å². The van der Waals surface area contributed by atoms with Crippen LogP contribution in [0.25, 0.3) is 0 Å². The second-order valence-electron chi connectivity index (χ2n) is 4.95. The van der Waals surface area contributed by atoms with E-state index < -0.39 is 0 Å². The standard InChI is InChI=1S/C15H22O3S/c1-11(9-16)12-5-6-14(17-2)15(8-12)18-13-4-3-7-19-10-13/h5-6,8,11,13,16H,3-4,7,9-10H2,1-2H3.